The predicted octanol–water partition coefficient (Wildman–Crippen LogP) is 4.02. The van der Waals surface area contributed by atoms with E-state index in [1.807, 2.05) is 36.7 Å². The number of hydrogen-bond acceptors (Lipinski definition) is 4. The average Bonchev–Trinajstić information content (AvgIpc) is 2.96. The zero-order chi connectivity index (χ0) is 20.1. The van der Waals surface area contributed by atoms with Crippen LogP contribution in [0.1, 0.15) is 49.1 Å². The summed E-state index contributed by atoms with van der Waals surface area (Å²) in [6.45, 7) is 4.46. The molecule has 1 aliphatic carbocycles. The highest BCUT2D eigenvalue weighted by molar-refractivity contribution is 5.90. The van der Waals surface area contributed by atoms with E-state index in [-0.39, 0.29) is 12.1 Å². The third kappa shape index (κ3) is 4.58. The number of rotatable bonds is 6. The maximum absolute atomic E-state index is 12.4. The summed E-state index contributed by atoms with van der Waals surface area (Å²) < 4.78 is 12.6. The molecule has 2 aromatic rings. The summed E-state index contributed by atoms with van der Waals surface area (Å²) in [5.41, 5.74) is 3.54. The molecule has 1 fully saturated rings. The van der Waals surface area contributed by atoms with Crippen molar-refractivity contribution in [3.05, 3.63) is 35.2 Å². The van der Waals surface area contributed by atoms with Crippen LogP contribution in [0.5, 0.6) is 11.5 Å². The monoisotopic (exact) mass is 386 g/mol. The van der Waals surface area contributed by atoms with Gasteiger partial charge < -0.3 is 20.1 Å². The van der Waals surface area contributed by atoms with Gasteiger partial charge in [-0.2, -0.15) is 5.10 Å². The number of amides is 2. The smallest absolute Gasteiger partial charge is 0.319 e. The van der Waals surface area contributed by atoms with E-state index in [4.69, 9.17) is 9.47 Å². The molecule has 0 radical (unpaired) electrons. The summed E-state index contributed by atoms with van der Waals surface area (Å²) in [4.78, 5) is 12.4. The van der Waals surface area contributed by atoms with Gasteiger partial charge in [-0.3, -0.25) is 4.68 Å². The van der Waals surface area contributed by atoms with E-state index in [2.05, 4.69) is 15.7 Å². The summed E-state index contributed by atoms with van der Waals surface area (Å²) >= 11 is 0. The van der Waals surface area contributed by atoms with Gasteiger partial charge in [0.1, 0.15) is 0 Å². The molecular weight excluding hydrogens is 356 g/mol. The van der Waals surface area contributed by atoms with Crippen molar-refractivity contribution in [1.29, 1.82) is 0 Å². The van der Waals surface area contributed by atoms with Crippen LogP contribution < -0.4 is 20.1 Å². The van der Waals surface area contributed by atoms with E-state index in [0.717, 1.165) is 35.5 Å². The molecule has 7 nitrogen and oxygen atoms in total. The first-order chi connectivity index (χ1) is 13.5. The number of methoxy groups -OCH3 is 2. The van der Waals surface area contributed by atoms with Gasteiger partial charge in [-0.05, 0) is 44.4 Å². The van der Waals surface area contributed by atoms with Crippen molar-refractivity contribution in [2.24, 2.45) is 0 Å². The second-order valence-electron chi connectivity index (χ2n) is 7.33. The molecule has 28 heavy (non-hydrogen) atoms. The summed E-state index contributed by atoms with van der Waals surface area (Å²) in [5.74, 6) is 1.38. The zero-order valence-electron chi connectivity index (χ0n) is 17.2. The number of hydrogen-bond donors (Lipinski definition) is 2. The highest BCUT2D eigenvalue weighted by Gasteiger charge is 2.19. The van der Waals surface area contributed by atoms with Crippen LogP contribution in [-0.4, -0.2) is 36.1 Å². The first-order valence-corrected chi connectivity index (χ1v) is 9.84. The zero-order valence-corrected chi connectivity index (χ0v) is 17.2. The number of aryl methyl sites for hydroxylation is 1. The van der Waals surface area contributed by atoms with Crippen LogP contribution in [0.4, 0.5) is 10.5 Å². The molecule has 0 spiro atoms. The van der Waals surface area contributed by atoms with Gasteiger partial charge in [0.2, 0.25) is 0 Å². The number of nitrogens with one attached hydrogen (secondary N) is 2. The minimum atomic E-state index is -0.149. The van der Waals surface area contributed by atoms with Crippen LogP contribution >= 0.6 is 0 Å². The van der Waals surface area contributed by atoms with Gasteiger partial charge in [-0.15, -0.1) is 0 Å². The number of anilines is 1. The molecule has 0 saturated heterocycles. The maximum Gasteiger partial charge on any atom is 0.319 e. The largest absolute Gasteiger partial charge is 0.493 e. The summed E-state index contributed by atoms with van der Waals surface area (Å²) in [6.07, 6.45) is 5.76. The highest BCUT2D eigenvalue weighted by atomic mass is 16.5. The standard InChI is InChI=1S/C21H30N4O3/c1-14-20(23-21(26)22-17-8-6-5-7-9-17)15(2)25(24-14)13-16-10-11-18(27-3)19(12-16)28-4/h10-12,17H,5-9,13H2,1-4H3,(H2,22,23,26). The SMILES string of the molecule is COc1ccc(Cn2nc(C)c(NC(=O)NC3CCCCC3)c2C)cc1OC. The van der Waals surface area contributed by atoms with Gasteiger partial charge in [0.25, 0.3) is 0 Å². The molecule has 1 saturated carbocycles. The van der Waals surface area contributed by atoms with Crippen LogP contribution in [0.25, 0.3) is 0 Å². The summed E-state index contributed by atoms with van der Waals surface area (Å²) in [7, 11) is 3.24. The van der Waals surface area contributed by atoms with Gasteiger partial charge in [-0.1, -0.05) is 25.3 Å². The van der Waals surface area contributed by atoms with Crippen LogP contribution in [0.15, 0.2) is 18.2 Å². The number of ether oxygens (including phenoxy) is 2. The number of urea groups is 1. The Morgan fingerprint density at radius 1 is 1.14 bits per heavy atom. The molecule has 1 aromatic carbocycles. The van der Waals surface area contributed by atoms with Crippen LogP contribution in [0.3, 0.4) is 0 Å². The molecule has 2 N–H and O–H groups in total. The van der Waals surface area contributed by atoms with Crippen molar-refractivity contribution in [3.63, 3.8) is 0 Å². The Hall–Kier alpha value is -2.70. The molecule has 0 unspecified atom stereocenters. The van der Waals surface area contributed by atoms with E-state index in [9.17, 15) is 4.79 Å². The van der Waals surface area contributed by atoms with Gasteiger partial charge >= 0.3 is 6.03 Å². The third-order valence-corrected chi connectivity index (χ3v) is 5.34. The van der Waals surface area contributed by atoms with Crippen molar-refractivity contribution in [2.75, 3.05) is 19.5 Å². The second kappa shape index (κ2) is 8.99. The molecular formula is C21H30N4O3. The number of aromatic nitrogens is 2. The van der Waals surface area contributed by atoms with Crippen LogP contribution in [0.2, 0.25) is 0 Å². The fourth-order valence-electron chi connectivity index (χ4n) is 3.77. The fraction of sp³-hybridized carbons (Fsp3) is 0.524. The molecule has 1 aromatic heterocycles. The Labute approximate surface area is 166 Å². The van der Waals surface area contributed by atoms with Gasteiger partial charge in [0, 0.05) is 6.04 Å². The lowest BCUT2D eigenvalue weighted by Crippen LogP contribution is -2.39. The Kier molecular flexibility index (Phi) is 6.44. The molecule has 0 bridgehead atoms. The predicted molar refractivity (Wildman–Crippen MR) is 109 cm³/mol. The molecule has 2 amide bonds. The lowest BCUT2D eigenvalue weighted by Gasteiger charge is -2.22. The maximum atomic E-state index is 12.4. The van der Waals surface area contributed by atoms with Crippen LogP contribution in [0, 0.1) is 13.8 Å². The third-order valence-electron chi connectivity index (χ3n) is 5.34. The lowest BCUT2D eigenvalue weighted by molar-refractivity contribution is 0.244. The fourth-order valence-corrected chi connectivity index (χ4v) is 3.77. The minimum absolute atomic E-state index is 0.149. The second-order valence-corrected chi connectivity index (χ2v) is 7.33. The van der Waals surface area contributed by atoms with E-state index in [1.165, 1.54) is 19.3 Å². The van der Waals surface area contributed by atoms with E-state index < -0.39 is 0 Å². The van der Waals surface area contributed by atoms with E-state index in [1.54, 1.807) is 14.2 Å². The molecule has 7 heteroatoms. The van der Waals surface area contributed by atoms with Crippen molar-refractivity contribution >= 4 is 11.7 Å². The van der Waals surface area contributed by atoms with E-state index in [0.29, 0.717) is 18.0 Å². The van der Waals surface area contributed by atoms with Crippen LogP contribution in [-0.2, 0) is 6.54 Å². The lowest BCUT2D eigenvalue weighted by atomic mass is 9.96. The van der Waals surface area contributed by atoms with Gasteiger partial charge in [0.05, 0.1) is 37.8 Å². The topological polar surface area (TPSA) is 77.4 Å². The minimum Gasteiger partial charge on any atom is -0.493 e. The molecule has 1 heterocycles. The molecule has 0 atom stereocenters. The first-order valence-electron chi connectivity index (χ1n) is 9.84. The molecule has 3 rings (SSSR count). The Balaban J connectivity index is 1.70. The number of benzene rings is 1. The quantitative estimate of drug-likeness (QED) is 0.786. The van der Waals surface area contributed by atoms with E-state index >= 15 is 0 Å². The van der Waals surface area contributed by atoms with Crippen molar-refractivity contribution in [3.8, 4) is 11.5 Å². The van der Waals surface area contributed by atoms with Gasteiger partial charge in [-0.25, -0.2) is 4.79 Å². The normalized spacial score (nSPS) is 14.6. The number of carbonyl (C=O) groups is 1. The Morgan fingerprint density at radius 2 is 1.86 bits per heavy atom. The molecule has 1 aliphatic rings. The average molecular weight is 386 g/mol. The number of nitrogens with zero attached hydrogens (tertiary/aromatic N) is 2. The summed E-state index contributed by atoms with van der Waals surface area (Å²) in [5, 5.41) is 10.7. The summed E-state index contributed by atoms with van der Waals surface area (Å²) in [6, 6.07) is 5.94. The van der Waals surface area contributed by atoms with Crippen molar-refractivity contribution < 1.29 is 14.3 Å². The van der Waals surface area contributed by atoms with Crippen molar-refractivity contribution in [2.45, 2.75) is 58.5 Å². The molecule has 0 aliphatic heterocycles. The number of carbonyl (C=O) groups excluding carboxylic acids is 1. The Morgan fingerprint density at radius 3 is 2.54 bits per heavy atom. The van der Waals surface area contributed by atoms with Crippen molar-refractivity contribution in [1.82, 2.24) is 15.1 Å². The molecule has 152 valence electrons. The van der Waals surface area contributed by atoms with Gasteiger partial charge in [0.15, 0.2) is 11.5 Å². The highest BCUT2D eigenvalue weighted by Crippen LogP contribution is 2.28. The first kappa shape index (κ1) is 20.0. The Bertz CT molecular complexity index is 825.